The number of aromatic nitrogens is 2. The first-order valence-corrected chi connectivity index (χ1v) is 5.44. The van der Waals surface area contributed by atoms with Gasteiger partial charge in [0.15, 0.2) is 0 Å². The Morgan fingerprint density at radius 2 is 2.36 bits per heavy atom. The SMILES string of the molecule is CC1CC(NCc2nn(C)cc2Cl)C1. The topological polar surface area (TPSA) is 29.9 Å². The zero-order chi connectivity index (χ0) is 10.1. The molecule has 78 valence electrons. The van der Waals surface area contributed by atoms with E-state index in [1.54, 1.807) is 4.68 Å². The molecule has 1 N–H and O–H groups in total. The summed E-state index contributed by atoms with van der Waals surface area (Å²) in [5.74, 6) is 0.881. The first kappa shape index (κ1) is 9.99. The lowest BCUT2D eigenvalue weighted by Gasteiger charge is -2.33. The van der Waals surface area contributed by atoms with Crippen molar-refractivity contribution in [2.75, 3.05) is 0 Å². The molecule has 0 amide bonds. The van der Waals surface area contributed by atoms with E-state index in [0.717, 1.165) is 23.2 Å². The maximum absolute atomic E-state index is 6.00. The van der Waals surface area contributed by atoms with Crippen molar-refractivity contribution in [1.82, 2.24) is 15.1 Å². The van der Waals surface area contributed by atoms with Gasteiger partial charge in [-0.3, -0.25) is 4.68 Å². The average molecular weight is 214 g/mol. The van der Waals surface area contributed by atoms with Crippen LogP contribution in [0.1, 0.15) is 25.5 Å². The number of halogens is 1. The van der Waals surface area contributed by atoms with Crippen LogP contribution in [0.4, 0.5) is 0 Å². The van der Waals surface area contributed by atoms with Crippen LogP contribution >= 0.6 is 11.6 Å². The minimum Gasteiger partial charge on any atom is -0.308 e. The lowest BCUT2D eigenvalue weighted by atomic mass is 9.82. The van der Waals surface area contributed by atoms with E-state index < -0.39 is 0 Å². The first-order chi connectivity index (χ1) is 6.65. The molecule has 0 bridgehead atoms. The fourth-order valence-corrected chi connectivity index (χ4v) is 2.18. The van der Waals surface area contributed by atoms with Crippen molar-refractivity contribution in [2.45, 2.75) is 32.4 Å². The fourth-order valence-electron chi connectivity index (χ4n) is 1.94. The van der Waals surface area contributed by atoms with Crippen LogP contribution in [-0.4, -0.2) is 15.8 Å². The van der Waals surface area contributed by atoms with E-state index >= 15 is 0 Å². The molecule has 2 rings (SSSR count). The van der Waals surface area contributed by atoms with Gasteiger partial charge in [-0.05, 0) is 18.8 Å². The molecule has 1 aliphatic rings. The molecule has 0 saturated heterocycles. The number of aryl methyl sites for hydroxylation is 1. The first-order valence-electron chi connectivity index (χ1n) is 5.06. The number of nitrogens with one attached hydrogen (secondary N) is 1. The van der Waals surface area contributed by atoms with E-state index in [1.807, 2.05) is 13.2 Å². The van der Waals surface area contributed by atoms with Crippen LogP contribution in [0.5, 0.6) is 0 Å². The van der Waals surface area contributed by atoms with Crippen molar-refractivity contribution in [3.8, 4) is 0 Å². The van der Waals surface area contributed by atoms with Crippen molar-refractivity contribution in [3.05, 3.63) is 16.9 Å². The van der Waals surface area contributed by atoms with E-state index in [1.165, 1.54) is 12.8 Å². The van der Waals surface area contributed by atoms with Gasteiger partial charge in [0.25, 0.3) is 0 Å². The Balaban J connectivity index is 1.83. The number of nitrogens with zero attached hydrogens (tertiary/aromatic N) is 2. The molecule has 1 aromatic rings. The van der Waals surface area contributed by atoms with Crippen LogP contribution in [0.15, 0.2) is 6.20 Å². The van der Waals surface area contributed by atoms with Gasteiger partial charge in [0.1, 0.15) is 0 Å². The van der Waals surface area contributed by atoms with E-state index in [2.05, 4.69) is 17.3 Å². The second kappa shape index (κ2) is 3.91. The van der Waals surface area contributed by atoms with Gasteiger partial charge in [-0.15, -0.1) is 0 Å². The van der Waals surface area contributed by atoms with Crippen molar-refractivity contribution in [3.63, 3.8) is 0 Å². The highest BCUT2D eigenvalue weighted by Crippen LogP contribution is 2.26. The monoisotopic (exact) mass is 213 g/mol. The van der Waals surface area contributed by atoms with Gasteiger partial charge < -0.3 is 5.32 Å². The third kappa shape index (κ3) is 2.10. The second-order valence-corrected chi connectivity index (χ2v) is 4.66. The van der Waals surface area contributed by atoms with E-state index in [-0.39, 0.29) is 0 Å². The molecule has 1 saturated carbocycles. The standard InChI is InChI=1S/C10H16ClN3/c1-7-3-8(4-7)12-5-10-9(11)6-14(2)13-10/h6-8,12H,3-5H2,1-2H3. The number of rotatable bonds is 3. The molecule has 4 heteroatoms. The summed E-state index contributed by atoms with van der Waals surface area (Å²) in [6.45, 7) is 3.07. The molecule has 1 heterocycles. The maximum Gasteiger partial charge on any atom is 0.0948 e. The Morgan fingerprint density at radius 3 is 2.86 bits per heavy atom. The van der Waals surface area contributed by atoms with Crippen molar-refractivity contribution in [1.29, 1.82) is 0 Å². The molecule has 1 fully saturated rings. The van der Waals surface area contributed by atoms with Crippen LogP contribution in [0, 0.1) is 5.92 Å². The second-order valence-electron chi connectivity index (χ2n) is 4.25. The molecule has 0 unspecified atom stereocenters. The van der Waals surface area contributed by atoms with E-state index in [4.69, 9.17) is 11.6 Å². The van der Waals surface area contributed by atoms with Gasteiger partial charge in [0.2, 0.25) is 0 Å². The highest BCUT2D eigenvalue weighted by atomic mass is 35.5. The van der Waals surface area contributed by atoms with E-state index in [0.29, 0.717) is 6.04 Å². The summed E-state index contributed by atoms with van der Waals surface area (Å²) in [6, 6.07) is 0.670. The van der Waals surface area contributed by atoms with Gasteiger partial charge >= 0.3 is 0 Å². The molecule has 3 nitrogen and oxygen atoms in total. The van der Waals surface area contributed by atoms with Crippen LogP contribution in [0.3, 0.4) is 0 Å². The highest BCUT2D eigenvalue weighted by Gasteiger charge is 2.24. The Morgan fingerprint density at radius 1 is 1.64 bits per heavy atom. The molecule has 1 aliphatic carbocycles. The van der Waals surface area contributed by atoms with Gasteiger partial charge in [-0.2, -0.15) is 5.10 Å². The third-order valence-corrected chi connectivity index (χ3v) is 3.10. The molecule has 0 aromatic carbocycles. The van der Waals surface area contributed by atoms with Crippen molar-refractivity contribution in [2.24, 2.45) is 13.0 Å². The quantitative estimate of drug-likeness (QED) is 0.832. The summed E-state index contributed by atoms with van der Waals surface area (Å²) in [5, 5.41) is 8.50. The van der Waals surface area contributed by atoms with Crippen LogP contribution in [0.25, 0.3) is 0 Å². The van der Waals surface area contributed by atoms with Gasteiger partial charge in [0.05, 0.1) is 10.7 Å². The van der Waals surface area contributed by atoms with Crippen molar-refractivity contribution < 1.29 is 0 Å². The summed E-state index contributed by atoms with van der Waals surface area (Å²) in [6.07, 6.45) is 4.40. The molecular formula is C10H16ClN3. The fraction of sp³-hybridized carbons (Fsp3) is 0.700. The van der Waals surface area contributed by atoms with Crippen LogP contribution in [-0.2, 0) is 13.6 Å². The smallest absolute Gasteiger partial charge is 0.0948 e. The molecule has 1 aromatic heterocycles. The predicted octanol–water partition coefficient (Wildman–Crippen LogP) is 1.96. The van der Waals surface area contributed by atoms with Gasteiger partial charge in [0, 0.05) is 25.8 Å². The zero-order valence-corrected chi connectivity index (χ0v) is 9.38. The average Bonchev–Trinajstić information content (AvgIpc) is 2.37. The van der Waals surface area contributed by atoms with Crippen molar-refractivity contribution >= 4 is 11.6 Å². The molecule has 0 spiro atoms. The van der Waals surface area contributed by atoms with Gasteiger partial charge in [-0.25, -0.2) is 0 Å². The Kier molecular flexibility index (Phi) is 2.79. The Labute approximate surface area is 89.4 Å². The largest absolute Gasteiger partial charge is 0.308 e. The molecule has 0 aliphatic heterocycles. The van der Waals surface area contributed by atoms with Crippen LogP contribution < -0.4 is 5.32 Å². The molecule has 0 radical (unpaired) electrons. The Bertz CT molecular complexity index is 315. The maximum atomic E-state index is 6.00. The minimum atomic E-state index is 0.670. The summed E-state index contributed by atoms with van der Waals surface area (Å²) in [4.78, 5) is 0. The molecule has 0 atom stereocenters. The van der Waals surface area contributed by atoms with Gasteiger partial charge in [-0.1, -0.05) is 18.5 Å². The lowest BCUT2D eigenvalue weighted by molar-refractivity contribution is 0.239. The number of hydrogen-bond donors (Lipinski definition) is 1. The van der Waals surface area contributed by atoms with E-state index in [9.17, 15) is 0 Å². The molecule has 14 heavy (non-hydrogen) atoms. The summed E-state index contributed by atoms with van der Waals surface area (Å²) in [7, 11) is 1.89. The summed E-state index contributed by atoms with van der Waals surface area (Å²) >= 11 is 6.00. The zero-order valence-electron chi connectivity index (χ0n) is 8.63. The lowest BCUT2D eigenvalue weighted by Crippen LogP contribution is -2.39. The predicted molar refractivity (Wildman–Crippen MR) is 57.2 cm³/mol. The third-order valence-electron chi connectivity index (χ3n) is 2.79. The Hall–Kier alpha value is -0.540. The minimum absolute atomic E-state index is 0.670. The number of hydrogen-bond acceptors (Lipinski definition) is 2. The normalized spacial score (nSPS) is 26.2. The summed E-state index contributed by atoms with van der Waals surface area (Å²) in [5.41, 5.74) is 0.953. The summed E-state index contributed by atoms with van der Waals surface area (Å²) < 4.78 is 1.75. The van der Waals surface area contributed by atoms with Crippen LogP contribution in [0.2, 0.25) is 5.02 Å². The molecular weight excluding hydrogens is 198 g/mol. The highest BCUT2D eigenvalue weighted by molar-refractivity contribution is 6.31.